The van der Waals surface area contributed by atoms with Crippen LogP contribution in [0.3, 0.4) is 0 Å². The molecule has 0 amide bonds. The molecule has 0 aliphatic heterocycles. The third kappa shape index (κ3) is 3.83. The first-order valence-electron chi connectivity index (χ1n) is 7.13. The molecule has 0 radical (unpaired) electrons. The lowest BCUT2D eigenvalue weighted by molar-refractivity contribution is -0.137. The van der Waals surface area contributed by atoms with Crippen LogP contribution >= 0.6 is 11.8 Å². The third-order valence-electron chi connectivity index (χ3n) is 3.59. The van der Waals surface area contributed by atoms with Gasteiger partial charge in [0, 0.05) is 5.69 Å². The van der Waals surface area contributed by atoms with Crippen LogP contribution in [0.5, 0.6) is 0 Å². The number of anilines is 1. The fourth-order valence-corrected chi connectivity index (χ4v) is 3.61. The SMILES string of the molecule is COC(=O)CSC(c1ccccc1C)c1cc(C)ccc1N. The monoisotopic (exact) mass is 315 g/mol. The number of benzene rings is 2. The Hall–Kier alpha value is -1.94. The molecule has 0 spiro atoms. The second-order valence-electron chi connectivity index (χ2n) is 5.26. The van der Waals surface area contributed by atoms with Crippen molar-refractivity contribution in [3.63, 3.8) is 0 Å². The number of carbonyl (C=O) groups excluding carboxylic acids is 1. The van der Waals surface area contributed by atoms with Gasteiger partial charge in [0.25, 0.3) is 0 Å². The maximum absolute atomic E-state index is 11.5. The van der Waals surface area contributed by atoms with Crippen molar-refractivity contribution in [2.24, 2.45) is 0 Å². The number of thioether (sulfide) groups is 1. The van der Waals surface area contributed by atoms with Crippen molar-refractivity contribution in [2.45, 2.75) is 19.1 Å². The lowest BCUT2D eigenvalue weighted by atomic mass is 9.97. The second-order valence-corrected chi connectivity index (χ2v) is 6.35. The highest BCUT2D eigenvalue weighted by Crippen LogP contribution is 2.40. The zero-order valence-corrected chi connectivity index (χ0v) is 13.9. The van der Waals surface area contributed by atoms with Crippen LogP contribution in [0.1, 0.15) is 27.5 Å². The Kier molecular flexibility index (Phi) is 5.50. The highest BCUT2D eigenvalue weighted by atomic mass is 32.2. The molecule has 0 aromatic heterocycles. The van der Waals surface area contributed by atoms with Gasteiger partial charge in [-0.3, -0.25) is 4.79 Å². The zero-order valence-electron chi connectivity index (χ0n) is 13.1. The van der Waals surface area contributed by atoms with Crippen LogP contribution in [0, 0.1) is 13.8 Å². The predicted octanol–water partition coefficient (Wildman–Crippen LogP) is 3.88. The molecule has 1 unspecified atom stereocenters. The molecule has 0 heterocycles. The molecule has 1 atom stereocenters. The Balaban J connectivity index is 2.43. The minimum absolute atomic E-state index is 0.0141. The number of nitrogen functional groups attached to an aromatic ring is 1. The Bertz CT molecular complexity index is 670. The molecule has 22 heavy (non-hydrogen) atoms. The molecule has 2 aromatic carbocycles. The maximum atomic E-state index is 11.5. The average molecular weight is 315 g/mol. The van der Waals surface area contributed by atoms with Crippen LogP contribution in [0.4, 0.5) is 5.69 Å². The second kappa shape index (κ2) is 7.36. The quantitative estimate of drug-likeness (QED) is 0.672. The summed E-state index contributed by atoms with van der Waals surface area (Å²) in [5, 5.41) is 0.0141. The number of carbonyl (C=O) groups is 1. The molecule has 2 aromatic rings. The van der Waals surface area contributed by atoms with Crippen molar-refractivity contribution in [3.8, 4) is 0 Å². The maximum Gasteiger partial charge on any atom is 0.315 e. The van der Waals surface area contributed by atoms with E-state index in [0.29, 0.717) is 5.75 Å². The first-order chi connectivity index (χ1) is 10.5. The Morgan fingerprint density at radius 3 is 2.59 bits per heavy atom. The summed E-state index contributed by atoms with van der Waals surface area (Å²) in [5.74, 6) is 0.0675. The van der Waals surface area contributed by atoms with Gasteiger partial charge in [0.05, 0.1) is 18.1 Å². The Morgan fingerprint density at radius 1 is 1.18 bits per heavy atom. The number of esters is 1. The number of nitrogens with two attached hydrogens (primary N) is 1. The third-order valence-corrected chi connectivity index (χ3v) is 4.83. The number of ether oxygens (including phenoxy) is 1. The van der Waals surface area contributed by atoms with Crippen molar-refractivity contribution in [3.05, 3.63) is 64.7 Å². The Labute approximate surface area is 135 Å². The summed E-state index contributed by atoms with van der Waals surface area (Å²) >= 11 is 1.54. The fourth-order valence-electron chi connectivity index (χ4n) is 2.36. The van der Waals surface area contributed by atoms with Crippen molar-refractivity contribution in [2.75, 3.05) is 18.6 Å². The zero-order chi connectivity index (χ0) is 16.1. The van der Waals surface area contributed by atoms with Crippen molar-refractivity contribution in [1.29, 1.82) is 0 Å². The molecule has 2 rings (SSSR count). The highest BCUT2D eigenvalue weighted by Gasteiger charge is 2.20. The lowest BCUT2D eigenvalue weighted by Gasteiger charge is -2.21. The first kappa shape index (κ1) is 16.4. The predicted molar refractivity (Wildman–Crippen MR) is 93.1 cm³/mol. The Morgan fingerprint density at radius 2 is 1.91 bits per heavy atom. The van der Waals surface area contributed by atoms with Gasteiger partial charge < -0.3 is 10.5 Å². The van der Waals surface area contributed by atoms with E-state index < -0.39 is 0 Å². The largest absolute Gasteiger partial charge is 0.468 e. The van der Waals surface area contributed by atoms with Gasteiger partial charge in [0.1, 0.15) is 0 Å². The molecule has 2 N–H and O–H groups in total. The number of hydrogen-bond acceptors (Lipinski definition) is 4. The normalized spacial score (nSPS) is 12.0. The van der Waals surface area contributed by atoms with Crippen LogP contribution in [-0.4, -0.2) is 18.8 Å². The molecular formula is C18H21NO2S. The summed E-state index contributed by atoms with van der Waals surface area (Å²) in [6.45, 7) is 4.12. The van der Waals surface area contributed by atoms with Gasteiger partial charge in [0.2, 0.25) is 0 Å². The van der Waals surface area contributed by atoms with Crippen LogP contribution in [0.25, 0.3) is 0 Å². The number of aryl methyl sites for hydroxylation is 2. The van der Waals surface area contributed by atoms with Gasteiger partial charge in [-0.15, -0.1) is 11.8 Å². The minimum Gasteiger partial charge on any atom is -0.468 e. The van der Waals surface area contributed by atoms with Crippen molar-refractivity contribution >= 4 is 23.4 Å². The summed E-state index contributed by atoms with van der Waals surface area (Å²) in [6, 6.07) is 14.2. The number of hydrogen-bond donors (Lipinski definition) is 1. The van der Waals surface area contributed by atoms with Crippen LogP contribution in [0.2, 0.25) is 0 Å². The molecule has 116 valence electrons. The first-order valence-corrected chi connectivity index (χ1v) is 8.17. The molecule has 0 saturated carbocycles. The van der Waals surface area contributed by atoms with E-state index in [1.807, 2.05) is 31.2 Å². The van der Waals surface area contributed by atoms with Gasteiger partial charge in [-0.25, -0.2) is 0 Å². The van der Waals surface area contributed by atoms with Crippen LogP contribution in [0.15, 0.2) is 42.5 Å². The van der Waals surface area contributed by atoms with E-state index >= 15 is 0 Å². The van der Waals surface area contributed by atoms with Gasteiger partial charge in [-0.05, 0) is 36.6 Å². The van der Waals surface area contributed by atoms with Crippen molar-refractivity contribution in [1.82, 2.24) is 0 Å². The topological polar surface area (TPSA) is 52.3 Å². The lowest BCUT2D eigenvalue weighted by Crippen LogP contribution is -2.09. The van der Waals surface area contributed by atoms with Crippen molar-refractivity contribution < 1.29 is 9.53 Å². The van der Waals surface area contributed by atoms with E-state index in [1.165, 1.54) is 18.2 Å². The molecule has 0 aliphatic carbocycles. The summed E-state index contributed by atoms with van der Waals surface area (Å²) in [4.78, 5) is 11.5. The smallest absolute Gasteiger partial charge is 0.315 e. The van der Waals surface area contributed by atoms with E-state index in [1.54, 1.807) is 11.8 Å². The van der Waals surface area contributed by atoms with E-state index in [4.69, 9.17) is 10.5 Å². The summed E-state index contributed by atoms with van der Waals surface area (Å²) < 4.78 is 4.77. The standard InChI is InChI=1S/C18H21NO2S/c1-12-8-9-16(19)15(10-12)18(22-11-17(20)21-3)14-7-5-4-6-13(14)2/h4-10,18H,11,19H2,1-3H3. The summed E-state index contributed by atoms with van der Waals surface area (Å²) in [5.41, 5.74) is 11.5. The molecule has 4 heteroatoms. The van der Waals surface area contributed by atoms with Gasteiger partial charge >= 0.3 is 5.97 Å². The van der Waals surface area contributed by atoms with Gasteiger partial charge in [0.15, 0.2) is 0 Å². The van der Waals surface area contributed by atoms with E-state index in [-0.39, 0.29) is 11.2 Å². The highest BCUT2D eigenvalue weighted by molar-refractivity contribution is 8.00. The molecule has 0 aliphatic rings. The van der Waals surface area contributed by atoms with E-state index in [9.17, 15) is 4.79 Å². The average Bonchev–Trinajstić information content (AvgIpc) is 2.52. The molecule has 0 saturated heterocycles. The summed E-state index contributed by atoms with van der Waals surface area (Å²) in [6.07, 6.45) is 0. The number of methoxy groups -OCH3 is 1. The van der Waals surface area contributed by atoms with Crippen LogP contribution in [-0.2, 0) is 9.53 Å². The molecule has 0 bridgehead atoms. The van der Waals surface area contributed by atoms with Crippen LogP contribution < -0.4 is 5.73 Å². The van der Waals surface area contributed by atoms with E-state index in [0.717, 1.165) is 16.8 Å². The minimum atomic E-state index is -0.227. The van der Waals surface area contributed by atoms with E-state index in [2.05, 4.69) is 25.1 Å². The molecule has 0 fully saturated rings. The molecule has 3 nitrogen and oxygen atoms in total. The van der Waals surface area contributed by atoms with Gasteiger partial charge in [-0.2, -0.15) is 0 Å². The van der Waals surface area contributed by atoms with Gasteiger partial charge in [-0.1, -0.05) is 42.0 Å². The summed E-state index contributed by atoms with van der Waals surface area (Å²) in [7, 11) is 1.41. The fraction of sp³-hybridized carbons (Fsp3) is 0.278. The number of rotatable bonds is 5. The molecular weight excluding hydrogens is 294 g/mol.